The topological polar surface area (TPSA) is 32.3 Å². The SMILES string of the molecule is OCC1(Nc2ccccc2Cl)CCSc2ccccc21. The van der Waals surface area contributed by atoms with E-state index < -0.39 is 5.54 Å². The lowest BCUT2D eigenvalue weighted by atomic mass is 9.87. The van der Waals surface area contributed by atoms with Gasteiger partial charge >= 0.3 is 0 Å². The van der Waals surface area contributed by atoms with Gasteiger partial charge in [0.1, 0.15) is 0 Å². The van der Waals surface area contributed by atoms with Crippen LogP contribution < -0.4 is 5.32 Å². The molecule has 0 amide bonds. The summed E-state index contributed by atoms with van der Waals surface area (Å²) in [6, 6.07) is 15.9. The Morgan fingerprint density at radius 2 is 1.90 bits per heavy atom. The molecular weight excluding hydrogens is 290 g/mol. The van der Waals surface area contributed by atoms with Gasteiger partial charge in [0, 0.05) is 10.6 Å². The quantitative estimate of drug-likeness (QED) is 0.894. The highest BCUT2D eigenvalue weighted by Crippen LogP contribution is 2.42. The molecule has 1 aliphatic rings. The lowest BCUT2D eigenvalue weighted by Crippen LogP contribution is -2.42. The number of anilines is 1. The summed E-state index contributed by atoms with van der Waals surface area (Å²) in [6.07, 6.45) is 0.871. The fourth-order valence-electron chi connectivity index (χ4n) is 2.61. The van der Waals surface area contributed by atoms with Gasteiger partial charge in [-0.1, -0.05) is 41.9 Å². The van der Waals surface area contributed by atoms with E-state index in [4.69, 9.17) is 11.6 Å². The van der Waals surface area contributed by atoms with Crippen LogP contribution in [0.3, 0.4) is 0 Å². The Morgan fingerprint density at radius 3 is 2.70 bits per heavy atom. The van der Waals surface area contributed by atoms with Gasteiger partial charge in [0.15, 0.2) is 0 Å². The second-order valence-corrected chi connectivity index (χ2v) is 6.48. The minimum Gasteiger partial charge on any atom is -0.394 e. The molecule has 1 heterocycles. The van der Waals surface area contributed by atoms with Crippen LogP contribution in [-0.2, 0) is 5.54 Å². The van der Waals surface area contributed by atoms with E-state index in [0.717, 1.165) is 23.4 Å². The molecule has 0 aromatic heterocycles. The molecule has 0 spiro atoms. The number of halogens is 1. The first-order valence-electron chi connectivity index (χ1n) is 6.61. The van der Waals surface area contributed by atoms with Crippen LogP contribution in [0.4, 0.5) is 5.69 Å². The van der Waals surface area contributed by atoms with Crippen molar-refractivity contribution < 1.29 is 5.11 Å². The maximum Gasteiger partial charge on any atom is 0.0875 e. The molecule has 0 saturated carbocycles. The number of aliphatic hydroxyl groups is 1. The maximum absolute atomic E-state index is 10.0. The Hall–Kier alpha value is -1.16. The average Bonchev–Trinajstić information content (AvgIpc) is 2.50. The summed E-state index contributed by atoms with van der Waals surface area (Å²) in [7, 11) is 0. The maximum atomic E-state index is 10.0. The van der Waals surface area contributed by atoms with Crippen LogP contribution in [0, 0.1) is 0 Å². The van der Waals surface area contributed by atoms with E-state index in [1.54, 1.807) is 0 Å². The van der Waals surface area contributed by atoms with Gasteiger partial charge < -0.3 is 10.4 Å². The highest BCUT2D eigenvalue weighted by molar-refractivity contribution is 7.99. The van der Waals surface area contributed by atoms with Gasteiger partial charge in [-0.3, -0.25) is 0 Å². The van der Waals surface area contributed by atoms with E-state index in [0.29, 0.717) is 5.02 Å². The van der Waals surface area contributed by atoms with Crippen molar-refractivity contribution >= 4 is 29.1 Å². The van der Waals surface area contributed by atoms with Crippen LogP contribution in [0.15, 0.2) is 53.4 Å². The fourth-order valence-corrected chi connectivity index (χ4v) is 4.06. The van der Waals surface area contributed by atoms with Gasteiger partial charge in [-0.2, -0.15) is 0 Å². The molecule has 2 aromatic rings. The van der Waals surface area contributed by atoms with Crippen LogP contribution in [0.5, 0.6) is 0 Å². The third-order valence-electron chi connectivity index (χ3n) is 3.71. The highest BCUT2D eigenvalue weighted by atomic mass is 35.5. The van der Waals surface area contributed by atoms with Crippen LogP contribution in [0.1, 0.15) is 12.0 Å². The molecule has 4 heteroatoms. The first kappa shape index (κ1) is 13.8. The number of benzene rings is 2. The van der Waals surface area contributed by atoms with E-state index in [2.05, 4.69) is 17.4 Å². The summed E-state index contributed by atoms with van der Waals surface area (Å²) < 4.78 is 0. The van der Waals surface area contributed by atoms with Gasteiger partial charge in [0.05, 0.1) is 22.9 Å². The molecule has 0 fully saturated rings. The van der Waals surface area contributed by atoms with E-state index in [1.165, 1.54) is 4.90 Å². The first-order chi connectivity index (χ1) is 9.75. The van der Waals surface area contributed by atoms with Gasteiger partial charge in [-0.05, 0) is 30.2 Å². The largest absolute Gasteiger partial charge is 0.394 e. The second kappa shape index (κ2) is 5.68. The monoisotopic (exact) mass is 305 g/mol. The number of para-hydroxylation sites is 1. The summed E-state index contributed by atoms with van der Waals surface area (Å²) in [6.45, 7) is 0.0514. The van der Waals surface area contributed by atoms with Crippen molar-refractivity contribution in [1.29, 1.82) is 0 Å². The Bertz CT molecular complexity index is 619. The third kappa shape index (κ3) is 2.41. The molecule has 2 N–H and O–H groups in total. The molecular formula is C16H16ClNOS. The summed E-state index contributed by atoms with van der Waals surface area (Å²) in [5.74, 6) is 0.981. The predicted octanol–water partition coefficient (Wildman–Crippen LogP) is 4.14. The molecule has 1 aliphatic heterocycles. The van der Waals surface area contributed by atoms with Crippen LogP contribution in [0.2, 0.25) is 5.02 Å². The molecule has 1 atom stereocenters. The van der Waals surface area contributed by atoms with Crippen LogP contribution in [0.25, 0.3) is 0 Å². The molecule has 0 saturated heterocycles. The lowest BCUT2D eigenvalue weighted by molar-refractivity contribution is 0.205. The van der Waals surface area contributed by atoms with Crippen molar-refractivity contribution in [2.45, 2.75) is 16.9 Å². The van der Waals surface area contributed by atoms with E-state index in [1.807, 2.05) is 48.2 Å². The Morgan fingerprint density at radius 1 is 1.15 bits per heavy atom. The third-order valence-corrected chi connectivity index (χ3v) is 5.11. The molecule has 0 aliphatic carbocycles. The molecule has 104 valence electrons. The predicted molar refractivity (Wildman–Crippen MR) is 85.6 cm³/mol. The Labute approximate surface area is 128 Å². The molecule has 20 heavy (non-hydrogen) atoms. The summed E-state index contributed by atoms with van der Waals surface area (Å²) in [5, 5.41) is 14.2. The molecule has 2 nitrogen and oxygen atoms in total. The normalized spacial score (nSPS) is 21.3. The van der Waals surface area contributed by atoms with Gasteiger partial charge in [-0.15, -0.1) is 11.8 Å². The van der Waals surface area contributed by atoms with Crippen LogP contribution in [-0.4, -0.2) is 17.5 Å². The number of thioether (sulfide) groups is 1. The van der Waals surface area contributed by atoms with Gasteiger partial charge in [0.2, 0.25) is 0 Å². The van der Waals surface area contributed by atoms with Crippen molar-refractivity contribution in [2.24, 2.45) is 0 Å². The summed E-state index contributed by atoms with van der Waals surface area (Å²) in [5.41, 5.74) is 1.57. The number of hydrogen-bond donors (Lipinski definition) is 2. The zero-order valence-corrected chi connectivity index (χ0v) is 12.5. The Kier molecular flexibility index (Phi) is 3.92. The van der Waals surface area contributed by atoms with E-state index >= 15 is 0 Å². The number of hydrogen-bond acceptors (Lipinski definition) is 3. The summed E-state index contributed by atoms with van der Waals surface area (Å²) in [4.78, 5) is 1.23. The molecule has 0 radical (unpaired) electrons. The van der Waals surface area contributed by atoms with E-state index in [-0.39, 0.29) is 6.61 Å². The van der Waals surface area contributed by atoms with E-state index in [9.17, 15) is 5.11 Å². The first-order valence-corrected chi connectivity index (χ1v) is 7.97. The van der Waals surface area contributed by atoms with Gasteiger partial charge in [0.25, 0.3) is 0 Å². The van der Waals surface area contributed by atoms with Crippen molar-refractivity contribution in [3.63, 3.8) is 0 Å². The minimum absolute atomic E-state index is 0.0514. The standard InChI is InChI=1S/C16H16ClNOS/c17-13-6-2-3-7-14(13)18-16(11-19)9-10-20-15-8-4-1-5-12(15)16/h1-8,18-19H,9-11H2. The fraction of sp³-hybridized carbons (Fsp3) is 0.250. The molecule has 0 bridgehead atoms. The molecule has 3 rings (SSSR count). The van der Waals surface area contributed by atoms with Crippen molar-refractivity contribution in [3.8, 4) is 0 Å². The smallest absolute Gasteiger partial charge is 0.0875 e. The van der Waals surface area contributed by atoms with Crippen LogP contribution >= 0.6 is 23.4 Å². The average molecular weight is 306 g/mol. The second-order valence-electron chi connectivity index (χ2n) is 4.94. The van der Waals surface area contributed by atoms with Crippen molar-refractivity contribution in [2.75, 3.05) is 17.7 Å². The van der Waals surface area contributed by atoms with Gasteiger partial charge in [-0.25, -0.2) is 0 Å². The van der Waals surface area contributed by atoms with Crippen molar-refractivity contribution in [3.05, 3.63) is 59.1 Å². The molecule has 2 aromatic carbocycles. The zero-order valence-electron chi connectivity index (χ0n) is 11.0. The number of nitrogens with one attached hydrogen (secondary N) is 1. The zero-order chi connectivity index (χ0) is 14.0. The summed E-state index contributed by atoms with van der Waals surface area (Å²) >= 11 is 8.08. The Balaban J connectivity index is 2.03. The molecule has 1 unspecified atom stereocenters. The number of rotatable bonds is 3. The van der Waals surface area contributed by atoms with Crippen molar-refractivity contribution in [1.82, 2.24) is 0 Å². The lowest BCUT2D eigenvalue weighted by Gasteiger charge is -2.39. The minimum atomic E-state index is -0.452. The highest BCUT2D eigenvalue weighted by Gasteiger charge is 2.36. The number of aliphatic hydroxyl groups excluding tert-OH is 1. The number of fused-ring (bicyclic) bond motifs is 1.